The number of rotatable bonds is 5. The molecule has 27 heavy (non-hydrogen) atoms. The summed E-state index contributed by atoms with van der Waals surface area (Å²) in [6, 6.07) is 12.9. The van der Waals surface area contributed by atoms with Gasteiger partial charge in [0, 0.05) is 26.2 Å². The maximum Gasteiger partial charge on any atom is 0.260 e. The third kappa shape index (κ3) is 4.59. The topological polar surface area (TPSA) is 32.8 Å². The summed E-state index contributed by atoms with van der Waals surface area (Å²) < 4.78 is 19.8. The van der Waals surface area contributed by atoms with Crippen molar-refractivity contribution < 1.29 is 13.9 Å². The molecule has 1 aliphatic heterocycles. The molecule has 0 saturated carbocycles. The van der Waals surface area contributed by atoms with Crippen molar-refractivity contribution in [2.45, 2.75) is 26.7 Å². The molecular weight excluding hydrogens is 343 g/mol. The van der Waals surface area contributed by atoms with Crippen molar-refractivity contribution in [3.63, 3.8) is 0 Å². The van der Waals surface area contributed by atoms with Gasteiger partial charge in [-0.1, -0.05) is 38.1 Å². The summed E-state index contributed by atoms with van der Waals surface area (Å²) in [4.78, 5) is 16.3. The van der Waals surface area contributed by atoms with Crippen LogP contribution in [-0.2, 0) is 4.79 Å². The lowest BCUT2D eigenvalue weighted by molar-refractivity contribution is -0.133. The normalized spacial score (nSPS) is 14.6. The Morgan fingerprint density at radius 3 is 2.48 bits per heavy atom. The standard InChI is InChI=1S/C22H27FN2O2/c1-16(2)18-9-8-17(3)14-21(18)27-15-22(26)25-12-10-24(11-13-25)20-7-5-4-6-19(20)23/h4-9,14,16H,10-13,15H2,1-3H3. The third-order valence-corrected chi connectivity index (χ3v) is 4.97. The van der Waals surface area contributed by atoms with Gasteiger partial charge in [0.2, 0.25) is 0 Å². The van der Waals surface area contributed by atoms with E-state index in [0.29, 0.717) is 37.8 Å². The number of benzene rings is 2. The Bertz CT molecular complexity index is 799. The quantitative estimate of drug-likeness (QED) is 0.798. The lowest BCUT2D eigenvalue weighted by Gasteiger charge is -2.36. The highest BCUT2D eigenvalue weighted by atomic mass is 19.1. The van der Waals surface area contributed by atoms with E-state index in [4.69, 9.17) is 4.74 Å². The van der Waals surface area contributed by atoms with Crippen molar-refractivity contribution in [2.24, 2.45) is 0 Å². The number of aryl methyl sites for hydroxylation is 1. The van der Waals surface area contributed by atoms with E-state index in [-0.39, 0.29) is 18.3 Å². The summed E-state index contributed by atoms with van der Waals surface area (Å²) in [6.45, 7) is 8.65. The Labute approximate surface area is 160 Å². The first kappa shape index (κ1) is 19.2. The SMILES string of the molecule is Cc1ccc(C(C)C)c(OCC(=O)N2CCN(c3ccccc3F)CC2)c1. The van der Waals surface area contributed by atoms with Gasteiger partial charge in [0.05, 0.1) is 5.69 Å². The van der Waals surface area contributed by atoms with Crippen molar-refractivity contribution in [3.05, 3.63) is 59.4 Å². The number of para-hydroxylation sites is 1. The predicted molar refractivity (Wildman–Crippen MR) is 106 cm³/mol. The van der Waals surface area contributed by atoms with E-state index in [2.05, 4.69) is 26.0 Å². The molecular formula is C22H27FN2O2. The molecule has 0 aromatic heterocycles. The largest absolute Gasteiger partial charge is 0.483 e. The molecule has 0 unspecified atom stereocenters. The van der Waals surface area contributed by atoms with Gasteiger partial charge in [0.1, 0.15) is 11.6 Å². The number of anilines is 1. The molecule has 0 atom stereocenters. The third-order valence-electron chi connectivity index (χ3n) is 4.97. The van der Waals surface area contributed by atoms with Gasteiger partial charge in [-0.3, -0.25) is 4.79 Å². The number of carbonyl (C=O) groups is 1. The fourth-order valence-electron chi connectivity index (χ4n) is 3.38. The first-order valence-electron chi connectivity index (χ1n) is 9.46. The van der Waals surface area contributed by atoms with Crippen LogP contribution in [0, 0.1) is 12.7 Å². The van der Waals surface area contributed by atoms with Crippen LogP contribution < -0.4 is 9.64 Å². The first-order chi connectivity index (χ1) is 13.0. The zero-order valence-electron chi connectivity index (χ0n) is 16.2. The molecule has 0 bridgehead atoms. The number of piperazine rings is 1. The summed E-state index contributed by atoms with van der Waals surface area (Å²) in [5, 5.41) is 0. The van der Waals surface area contributed by atoms with Gasteiger partial charge in [0.15, 0.2) is 6.61 Å². The summed E-state index contributed by atoms with van der Waals surface area (Å²) in [5.74, 6) is 0.865. The minimum Gasteiger partial charge on any atom is -0.483 e. The Balaban J connectivity index is 1.56. The zero-order valence-corrected chi connectivity index (χ0v) is 16.2. The van der Waals surface area contributed by atoms with Gasteiger partial charge in [-0.05, 0) is 42.2 Å². The Morgan fingerprint density at radius 1 is 1.11 bits per heavy atom. The molecule has 0 aliphatic carbocycles. The van der Waals surface area contributed by atoms with Crippen molar-refractivity contribution in [3.8, 4) is 5.75 Å². The Morgan fingerprint density at radius 2 is 1.81 bits per heavy atom. The number of hydrogen-bond acceptors (Lipinski definition) is 3. The average Bonchev–Trinajstić information content (AvgIpc) is 2.66. The molecule has 0 spiro atoms. The van der Waals surface area contributed by atoms with E-state index in [1.54, 1.807) is 17.0 Å². The number of amides is 1. The van der Waals surface area contributed by atoms with Crippen LogP contribution in [-0.4, -0.2) is 43.6 Å². The second-order valence-electron chi connectivity index (χ2n) is 7.30. The molecule has 3 rings (SSSR count). The van der Waals surface area contributed by atoms with Crippen molar-refractivity contribution >= 4 is 11.6 Å². The first-order valence-corrected chi connectivity index (χ1v) is 9.46. The van der Waals surface area contributed by atoms with Gasteiger partial charge < -0.3 is 14.5 Å². The smallest absolute Gasteiger partial charge is 0.260 e. The van der Waals surface area contributed by atoms with E-state index < -0.39 is 0 Å². The molecule has 5 heteroatoms. The van der Waals surface area contributed by atoms with Gasteiger partial charge in [0.25, 0.3) is 5.91 Å². The van der Waals surface area contributed by atoms with Gasteiger partial charge in [-0.15, -0.1) is 0 Å². The van der Waals surface area contributed by atoms with Crippen molar-refractivity contribution in [2.75, 3.05) is 37.7 Å². The maximum absolute atomic E-state index is 13.9. The number of ether oxygens (including phenoxy) is 1. The van der Waals surface area contributed by atoms with E-state index in [1.807, 2.05) is 24.0 Å². The number of hydrogen-bond donors (Lipinski definition) is 0. The maximum atomic E-state index is 13.9. The molecule has 1 fully saturated rings. The zero-order chi connectivity index (χ0) is 19.4. The molecule has 0 N–H and O–H groups in total. The van der Waals surface area contributed by atoms with Crippen molar-refractivity contribution in [1.29, 1.82) is 0 Å². The number of carbonyl (C=O) groups excluding carboxylic acids is 1. The van der Waals surface area contributed by atoms with Crippen LogP contribution >= 0.6 is 0 Å². The molecule has 2 aromatic carbocycles. The van der Waals surface area contributed by atoms with Crippen LogP contribution in [0.4, 0.5) is 10.1 Å². The lowest BCUT2D eigenvalue weighted by Crippen LogP contribution is -2.50. The summed E-state index contributed by atoms with van der Waals surface area (Å²) >= 11 is 0. The van der Waals surface area contributed by atoms with Gasteiger partial charge in [-0.25, -0.2) is 4.39 Å². The molecule has 1 heterocycles. The highest BCUT2D eigenvalue weighted by Gasteiger charge is 2.23. The van der Waals surface area contributed by atoms with Crippen LogP contribution in [0.15, 0.2) is 42.5 Å². The molecule has 1 saturated heterocycles. The average molecular weight is 370 g/mol. The Hall–Kier alpha value is -2.56. The monoisotopic (exact) mass is 370 g/mol. The van der Waals surface area contributed by atoms with E-state index in [0.717, 1.165) is 16.9 Å². The molecule has 144 valence electrons. The summed E-state index contributed by atoms with van der Waals surface area (Å²) in [7, 11) is 0. The molecule has 1 aliphatic rings. The van der Waals surface area contributed by atoms with E-state index in [9.17, 15) is 9.18 Å². The van der Waals surface area contributed by atoms with Crippen molar-refractivity contribution in [1.82, 2.24) is 4.90 Å². The van der Waals surface area contributed by atoms with Crippen LogP contribution in [0.25, 0.3) is 0 Å². The summed E-state index contributed by atoms with van der Waals surface area (Å²) in [5.41, 5.74) is 2.82. The second kappa shape index (κ2) is 8.42. The Kier molecular flexibility index (Phi) is 5.99. The summed E-state index contributed by atoms with van der Waals surface area (Å²) in [6.07, 6.45) is 0. The van der Waals surface area contributed by atoms with Crippen LogP contribution in [0.2, 0.25) is 0 Å². The molecule has 2 aromatic rings. The number of halogens is 1. The fourth-order valence-corrected chi connectivity index (χ4v) is 3.38. The van der Waals surface area contributed by atoms with E-state index in [1.165, 1.54) is 6.07 Å². The fraction of sp³-hybridized carbons (Fsp3) is 0.409. The van der Waals surface area contributed by atoms with E-state index >= 15 is 0 Å². The van der Waals surface area contributed by atoms with Crippen LogP contribution in [0.5, 0.6) is 5.75 Å². The predicted octanol–water partition coefficient (Wildman–Crippen LogP) is 3.99. The molecule has 0 radical (unpaired) electrons. The highest BCUT2D eigenvalue weighted by molar-refractivity contribution is 5.78. The molecule has 1 amide bonds. The minimum absolute atomic E-state index is 0.0283. The molecule has 4 nitrogen and oxygen atoms in total. The van der Waals surface area contributed by atoms with Crippen LogP contribution in [0.3, 0.4) is 0 Å². The minimum atomic E-state index is -0.221. The van der Waals surface area contributed by atoms with Gasteiger partial charge in [-0.2, -0.15) is 0 Å². The lowest BCUT2D eigenvalue weighted by atomic mass is 10.0. The number of nitrogens with zero attached hydrogens (tertiary/aromatic N) is 2. The second-order valence-corrected chi connectivity index (χ2v) is 7.30. The highest BCUT2D eigenvalue weighted by Crippen LogP contribution is 2.27. The van der Waals surface area contributed by atoms with Gasteiger partial charge >= 0.3 is 0 Å². The van der Waals surface area contributed by atoms with Crippen LogP contribution in [0.1, 0.15) is 30.9 Å².